The van der Waals surface area contributed by atoms with Crippen LogP contribution in [0.1, 0.15) is 22.3 Å². The third kappa shape index (κ3) is 4.62. The van der Waals surface area contributed by atoms with E-state index in [0.29, 0.717) is 5.56 Å². The van der Waals surface area contributed by atoms with E-state index in [9.17, 15) is 13.2 Å². The first-order valence-electron chi connectivity index (χ1n) is 6.95. The van der Waals surface area contributed by atoms with Gasteiger partial charge >= 0.3 is 6.18 Å². The summed E-state index contributed by atoms with van der Waals surface area (Å²) >= 11 is 0. The molecule has 0 amide bonds. The van der Waals surface area contributed by atoms with E-state index in [1.165, 1.54) is 6.08 Å². The standard InChI is InChI=1S/C19H17F3/c1-14-3-7-16(8-4-14)11-12-18(19(20,21)22)13-17-9-5-15(2)6-10-17/h3-13H,1-2H3/b12-11+,18-13+. The number of aryl methyl sites for hydroxylation is 2. The van der Waals surface area contributed by atoms with E-state index in [2.05, 4.69) is 0 Å². The molecule has 0 unspecified atom stereocenters. The molecule has 0 aromatic heterocycles. The minimum Gasteiger partial charge on any atom is -0.166 e. The average molecular weight is 302 g/mol. The van der Waals surface area contributed by atoms with E-state index in [-0.39, 0.29) is 0 Å². The van der Waals surface area contributed by atoms with Gasteiger partial charge in [-0.2, -0.15) is 13.2 Å². The van der Waals surface area contributed by atoms with Gasteiger partial charge in [0.15, 0.2) is 0 Å². The van der Waals surface area contributed by atoms with Gasteiger partial charge in [0.25, 0.3) is 0 Å². The van der Waals surface area contributed by atoms with E-state index < -0.39 is 11.7 Å². The Kier molecular flexibility index (Phi) is 4.86. The van der Waals surface area contributed by atoms with E-state index in [0.717, 1.165) is 28.8 Å². The Bertz CT molecular complexity index is 672. The van der Waals surface area contributed by atoms with Gasteiger partial charge in [-0.05, 0) is 37.1 Å². The Balaban J connectivity index is 2.30. The summed E-state index contributed by atoms with van der Waals surface area (Å²) in [7, 11) is 0. The van der Waals surface area contributed by atoms with Crippen LogP contribution < -0.4 is 0 Å². The summed E-state index contributed by atoms with van der Waals surface area (Å²) in [6.07, 6.45) is -0.631. The van der Waals surface area contributed by atoms with Crippen molar-refractivity contribution in [1.29, 1.82) is 0 Å². The maximum absolute atomic E-state index is 13.1. The first kappa shape index (κ1) is 16.1. The van der Waals surface area contributed by atoms with E-state index in [4.69, 9.17) is 0 Å². The highest BCUT2D eigenvalue weighted by Gasteiger charge is 2.31. The Morgan fingerprint density at radius 3 is 1.68 bits per heavy atom. The number of halogens is 3. The molecule has 0 aliphatic carbocycles. The molecule has 0 nitrogen and oxygen atoms in total. The SMILES string of the molecule is Cc1ccc(/C=C/C(=C\c2ccc(C)cc2)C(F)(F)F)cc1. The molecule has 0 bridgehead atoms. The van der Waals surface area contributed by atoms with Gasteiger partial charge in [0.2, 0.25) is 0 Å². The average Bonchev–Trinajstić information content (AvgIpc) is 2.46. The van der Waals surface area contributed by atoms with Gasteiger partial charge in [0, 0.05) is 0 Å². The van der Waals surface area contributed by atoms with Crippen molar-refractivity contribution < 1.29 is 13.2 Å². The van der Waals surface area contributed by atoms with Crippen molar-refractivity contribution in [3.8, 4) is 0 Å². The molecule has 2 aromatic rings. The van der Waals surface area contributed by atoms with Crippen molar-refractivity contribution in [3.05, 3.63) is 82.4 Å². The fourth-order valence-corrected chi connectivity index (χ4v) is 1.93. The molecule has 114 valence electrons. The van der Waals surface area contributed by atoms with E-state index in [1.807, 2.05) is 26.0 Å². The lowest BCUT2D eigenvalue weighted by Crippen LogP contribution is -2.09. The Hall–Kier alpha value is -2.29. The summed E-state index contributed by atoms with van der Waals surface area (Å²) in [5.41, 5.74) is 2.69. The minimum atomic E-state index is -4.38. The van der Waals surface area contributed by atoms with Crippen LogP contribution in [0.5, 0.6) is 0 Å². The Labute approximate surface area is 128 Å². The van der Waals surface area contributed by atoms with Crippen LogP contribution in [0.15, 0.2) is 60.2 Å². The van der Waals surface area contributed by atoms with Crippen LogP contribution in [0, 0.1) is 13.8 Å². The van der Waals surface area contributed by atoms with Gasteiger partial charge in [0.1, 0.15) is 0 Å². The maximum Gasteiger partial charge on any atom is 0.416 e. The molecule has 0 saturated heterocycles. The van der Waals surface area contributed by atoms with Crippen molar-refractivity contribution in [2.45, 2.75) is 20.0 Å². The second kappa shape index (κ2) is 6.65. The first-order valence-corrected chi connectivity index (χ1v) is 6.95. The third-order valence-electron chi connectivity index (χ3n) is 3.26. The normalized spacial score (nSPS) is 12.9. The topological polar surface area (TPSA) is 0 Å². The molecule has 0 atom stereocenters. The molecular formula is C19H17F3. The van der Waals surface area contributed by atoms with E-state index in [1.54, 1.807) is 36.4 Å². The zero-order valence-corrected chi connectivity index (χ0v) is 12.5. The van der Waals surface area contributed by atoms with Crippen molar-refractivity contribution in [3.63, 3.8) is 0 Å². The van der Waals surface area contributed by atoms with Gasteiger partial charge in [-0.25, -0.2) is 0 Å². The molecule has 3 heteroatoms. The molecule has 0 N–H and O–H groups in total. The fourth-order valence-electron chi connectivity index (χ4n) is 1.93. The summed E-state index contributed by atoms with van der Waals surface area (Å²) < 4.78 is 39.4. The molecule has 0 heterocycles. The van der Waals surface area contributed by atoms with Crippen molar-refractivity contribution >= 4 is 12.2 Å². The molecule has 0 radical (unpaired) electrons. The molecule has 0 aliphatic rings. The summed E-state index contributed by atoms with van der Waals surface area (Å²) in [6.45, 7) is 3.83. The highest BCUT2D eigenvalue weighted by Crippen LogP contribution is 2.29. The Morgan fingerprint density at radius 1 is 0.773 bits per heavy atom. The second-order valence-corrected chi connectivity index (χ2v) is 5.25. The van der Waals surface area contributed by atoms with Crippen molar-refractivity contribution in [2.75, 3.05) is 0 Å². The van der Waals surface area contributed by atoms with Crippen molar-refractivity contribution in [2.24, 2.45) is 0 Å². The van der Waals surface area contributed by atoms with E-state index >= 15 is 0 Å². The number of benzene rings is 2. The second-order valence-electron chi connectivity index (χ2n) is 5.25. The van der Waals surface area contributed by atoms with Crippen LogP contribution in [0.25, 0.3) is 12.2 Å². The number of rotatable bonds is 3. The lowest BCUT2D eigenvalue weighted by Gasteiger charge is -2.08. The van der Waals surface area contributed by atoms with Crippen LogP contribution in [-0.2, 0) is 0 Å². The van der Waals surface area contributed by atoms with Crippen LogP contribution in [0.4, 0.5) is 13.2 Å². The highest BCUT2D eigenvalue weighted by atomic mass is 19.4. The molecule has 0 aliphatic heterocycles. The quantitative estimate of drug-likeness (QED) is 0.613. The zero-order chi connectivity index (χ0) is 16.2. The summed E-state index contributed by atoms with van der Waals surface area (Å²) in [4.78, 5) is 0. The monoisotopic (exact) mass is 302 g/mol. The van der Waals surface area contributed by atoms with Gasteiger partial charge in [0.05, 0.1) is 5.57 Å². The fraction of sp³-hybridized carbons (Fsp3) is 0.158. The molecule has 0 saturated carbocycles. The maximum atomic E-state index is 13.1. The van der Waals surface area contributed by atoms with Crippen LogP contribution in [-0.4, -0.2) is 6.18 Å². The third-order valence-corrected chi connectivity index (χ3v) is 3.26. The van der Waals surface area contributed by atoms with Crippen molar-refractivity contribution in [1.82, 2.24) is 0 Å². The first-order chi connectivity index (χ1) is 10.3. The number of hydrogen-bond donors (Lipinski definition) is 0. The number of alkyl halides is 3. The molecule has 22 heavy (non-hydrogen) atoms. The number of allylic oxidation sites excluding steroid dienone is 2. The lowest BCUT2D eigenvalue weighted by atomic mass is 10.1. The largest absolute Gasteiger partial charge is 0.416 e. The molecule has 0 spiro atoms. The molecule has 0 fully saturated rings. The summed E-state index contributed by atoms with van der Waals surface area (Å²) in [5, 5.41) is 0. The lowest BCUT2D eigenvalue weighted by molar-refractivity contribution is -0.0872. The van der Waals surface area contributed by atoms with Gasteiger partial charge in [-0.1, -0.05) is 65.7 Å². The van der Waals surface area contributed by atoms with Crippen LogP contribution in [0.3, 0.4) is 0 Å². The number of hydrogen-bond acceptors (Lipinski definition) is 0. The molecule has 2 aromatic carbocycles. The predicted molar refractivity (Wildman–Crippen MR) is 85.4 cm³/mol. The zero-order valence-electron chi connectivity index (χ0n) is 12.5. The van der Waals surface area contributed by atoms with Gasteiger partial charge < -0.3 is 0 Å². The summed E-state index contributed by atoms with van der Waals surface area (Å²) in [5.74, 6) is 0. The Morgan fingerprint density at radius 2 is 1.23 bits per heavy atom. The van der Waals surface area contributed by atoms with Gasteiger partial charge in [-0.15, -0.1) is 0 Å². The smallest absolute Gasteiger partial charge is 0.166 e. The summed E-state index contributed by atoms with van der Waals surface area (Å²) in [6, 6.07) is 14.3. The van der Waals surface area contributed by atoms with Gasteiger partial charge in [-0.3, -0.25) is 0 Å². The van der Waals surface area contributed by atoms with Crippen LogP contribution in [0.2, 0.25) is 0 Å². The van der Waals surface area contributed by atoms with Crippen LogP contribution >= 0.6 is 0 Å². The highest BCUT2D eigenvalue weighted by molar-refractivity contribution is 5.63. The molecular weight excluding hydrogens is 285 g/mol. The minimum absolute atomic E-state index is 0.534. The predicted octanol–water partition coefficient (Wildman–Crippen LogP) is 5.96. The molecule has 2 rings (SSSR count).